The van der Waals surface area contributed by atoms with Gasteiger partial charge in [0.1, 0.15) is 24.3 Å². The Balaban J connectivity index is 1.45. The highest BCUT2D eigenvalue weighted by Gasteiger charge is 2.50. The molecule has 0 N–H and O–H groups in total. The fraction of sp³-hybridized carbons (Fsp3) is 0.423. The second-order valence-electron chi connectivity index (χ2n) is 8.80. The fourth-order valence-corrected chi connectivity index (χ4v) is 5.09. The SMILES string of the molecule is Cc1c(C2=NN3CCC(OC(=O)c4ccccc4)C3C2OC2CCCCO2)ccc(C#N)c1Cl. The normalized spacial score (nSPS) is 26.0. The molecule has 3 aliphatic heterocycles. The van der Waals surface area contributed by atoms with Gasteiger partial charge in [-0.25, -0.2) is 4.79 Å². The molecule has 34 heavy (non-hydrogen) atoms. The number of halogens is 1. The lowest BCUT2D eigenvalue weighted by Crippen LogP contribution is -2.46. The molecule has 3 aliphatic rings. The predicted octanol–water partition coefficient (Wildman–Crippen LogP) is 4.45. The van der Waals surface area contributed by atoms with Gasteiger partial charge < -0.3 is 14.2 Å². The number of esters is 1. The van der Waals surface area contributed by atoms with Crippen molar-refractivity contribution < 1.29 is 19.0 Å². The average molecular weight is 480 g/mol. The first-order valence-electron chi connectivity index (χ1n) is 11.6. The molecule has 2 aromatic carbocycles. The summed E-state index contributed by atoms with van der Waals surface area (Å²) in [5.74, 6) is -0.355. The maximum Gasteiger partial charge on any atom is 0.338 e. The molecule has 8 heteroatoms. The van der Waals surface area contributed by atoms with Crippen LogP contribution in [0.1, 0.15) is 52.7 Å². The largest absolute Gasteiger partial charge is 0.456 e. The van der Waals surface area contributed by atoms with E-state index in [1.807, 2.05) is 36.2 Å². The van der Waals surface area contributed by atoms with E-state index in [2.05, 4.69) is 6.07 Å². The van der Waals surface area contributed by atoms with Crippen LogP contribution in [0.25, 0.3) is 0 Å². The summed E-state index contributed by atoms with van der Waals surface area (Å²) < 4.78 is 18.3. The highest BCUT2D eigenvalue weighted by atomic mass is 35.5. The number of rotatable bonds is 5. The maximum atomic E-state index is 12.8. The highest BCUT2D eigenvalue weighted by Crippen LogP contribution is 2.37. The Morgan fingerprint density at radius 3 is 2.76 bits per heavy atom. The van der Waals surface area contributed by atoms with Gasteiger partial charge in [0.25, 0.3) is 0 Å². The number of benzene rings is 2. The predicted molar refractivity (Wildman–Crippen MR) is 127 cm³/mol. The third-order valence-corrected chi connectivity index (χ3v) is 7.16. The first-order chi connectivity index (χ1) is 16.6. The van der Waals surface area contributed by atoms with Crippen molar-refractivity contribution >= 4 is 23.3 Å². The van der Waals surface area contributed by atoms with Gasteiger partial charge in [-0.3, -0.25) is 5.01 Å². The van der Waals surface area contributed by atoms with Gasteiger partial charge >= 0.3 is 5.97 Å². The summed E-state index contributed by atoms with van der Waals surface area (Å²) in [4.78, 5) is 12.8. The van der Waals surface area contributed by atoms with Gasteiger partial charge in [-0.15, -0.1) is 0 Å². The van der Waals surface area contributed by atoms with E-state index in [1.54, 1.807) is 18.2 Å². The summed E-state index contributed by atoms with van der Waals surface area (Å²) in [5.41, 5.74) is 3.26. The van der Waals surface area contributed by atoms with E-state index in [4.69, 9.17) is 30.9 Å². The third kappa shape index (κ3) is 4.29. The lowest BCUT2D eigenvalue weighted by atomic mass is 9.94. The zero-order valence-corrected chi connectivity index (χ0v) is 19.7. The van der Waals surface area contributed by atoms with E-state index in [0.29, 0.717) is 35.7 Å². The van der Waals surface area contributed by atoms with Crippen LogP contribution in [-0.2, 0) is 14.2 Å². The second kappa shape index (κ2) is 9.75. The van der Waals surface area contributed by atoms with Gasteiger partial charge in [0.15, 0.2) is 6.29 Å². The third-order valence-electron chi connectivity index (χ3n) is 6.67. The molecule has 0 aliphatic carbocycles. The van der Waals surface area contributed by atoms with Crippen LogP contribution in [0.4, 0.5) is 0 Å². The van der Waals surface area contributed by atoms with Crippen molar-refractivity contribution in [2.75, 3.05) is 13.2 Å². The molecule has 2 aromatic rings. The number of nitrogens with zero attached hydrogens (tertiary/aromatic N) is 3. The van der Waals surface area contributed by atoms with Crippen LogP contribution in [0.2, 0.25) is 5.02 Å². The second-order valence-corrected chi connectivity index (χ2v) is 9.18. The molecule has 5 rings (SSSR count). The molecule has 7 nitrogen and oxygen atoms in total. The van der Waals surface area contributed by atoms with E-state index >= 15 is 0 Å². The number of nitriles is 1. The molecule has 0 saturated carbocycles. The van der Waals surface area contributed by atoms with Crippen molar-refractivity contribution in [3.05, 3.63) is 69.7 Å². The Kier molecular flexibility index (Phi) is 6.55. The minimum Gasteiger partial charge on any atom is -0.456 e. The Labute approximate surface area is 203 Å². The Morgan fingerprint density at radius 2 is 2.03 bits per heavy atom. The number of hydrazone groups is 1. The number of ether oxygens (including phenoxy) is 3. The average Bonchev–Trinajstić information content (AvgIpc) is 3.42. The van der Waals surface area contributed by atoms with Gasteiger partial charge in [-0.1, -0.05) is 35.9 Å². The highest BCUT2D eigenvalue weighted by molar-refractivity contribution is 6.33. The molecular weight excluding hydrogens is 454 g/mol. The van der Waals surface area contributed by atoms with Crippen LogP contribution >= 0.6 is 11.6 Å². The van der Waals surface area contributed by atoms with Gasteiger partial charge in [-0.2, -0.15) is 10.4 Å². The summed E-state index contributed by atoms with van der Waals surface area (Å²) in [6.45, 7) is 3.19. The molecule has 176 valence electrons. The fourth-order valence-electron chi connectivity index (χ4n) is 4.89. The summed E-state index contributed by atoms with van der Waals surface area (Å²) in [7, 11) is 0. The number of hydrogen-bond donors (Lipinski definition) is 0. The number of carbonyl (C=O) groups excluding carboxylic acids is 1. The van der Waals surface area contributed by atoms with Gasteiger partial charge in [-0.05, 0) is 49.9 Å². The number of hydrogen-bond acceptors (Lipinski definition) is 7. The summed E-state index contributed by atoms with van der Waals surface area (Å²) in [6, 6.07) is 14.4. The number of carbonyl (C=O) groups is 1. The molecular formula is C26H26ClN3O4. The molecule has 3 heterocycles. The molecule has 0 bridgehead atoms. The van der Waals surface area contributed by atoms with E-state index in [9.17, 15) is 10.1 Å². The lowest BCUT2D eigenvalue weighted by molar-refractivity contribution is -0.184. The van der Waals surface area contributed by atoms with Crippen molar-refractivity contribution in [3.63, 3.8) is 0 Å². The minimum atomic E-state index is -0.457. The van der Waals surface area contributed by atoms with Crippen molar-refractivity contribution in [2.24, 2.45) is 5.10 Å². The van der Waals surface area contributed by atoms with E-state index in [1.165, 1.54) is 0 Å². The molecule has 2 saturated heterocycles. The maximum absolute atomic E-state index is 12.8. The molecule has 0 aromatic heterocycles. The first kappa shape index (κ1) is 22.9. The van der Waals surface area contributed by atoms with Crippen molar-refractivity contribution in [2.45, 2.75) is 57.1 Å². The van der Waals surface area contributed by atoms with Crippen LogP contribution in [0.3, 0.4) is 0 Å². The van der Waals surface area contributed by atoms with E-state index in [0.717, 1.165) is 36.1 Å². The molecule has 0 radical (unpaired) electrons. The zero-order chi connectivity index (χ0) is 23.7. The van der Waals surface area contributed by atoms with Crippen molar-refractivity contribution in [3.8, 4) is 6.07 Å². The molecule has 4 atom stereocenters. The van der Waals surface area contributed by atoms with Gasteiger partial charge in [0, 0.05) is 25.1 Å². The van der Waals surface area contributed by atoms with Gasteiger partial charge in [0.05, 0.1) is 21.9 Å². The first-order valence-corrected chi connectivity index (χ1v) is 12.0. The Hall–Kier alpha value is -2.92. The van der Waals surface area contributed by atoms with Crippen molar-refractivity contribution in [1.82, 2.24) is 5.01 Å². The summed E-state index contributed by atoms with van der Waals surface area (Å²) >= 11 is 6.48. The Bertz CT molecular complexity index is 1140. The molecule has 0 amide bonds. The van der Waals surface area contributed by atoms with Crippen molar-refractivity contribution in [1.29, 1.82) is 5.26 Å². The number of fused-ring (bicyclic) bond motifs is 1. The van der Waals surface area contributed by atoms with Crippen LogP contribution in [0.15, 0.2) is 47.6 Å². The lowest BCUT2D eigenvalue weighted by Gasteiger charge is -2.31. The van der Waals surface area contributed by atoms with E-state index < -0.39 is 6.10 Å². The van der Waals surface area contributed by atoms with Gasteiger partial charge in [0.2, 0.25) is 0 Å². The monoisotopic (exact) mass is 479 g/mol. The molecule has 2 fully saturated rings. The van der Waals surface area contributed by atoms with E-state index in [-0.39, 0.29) is 24.4 Å². The summed E-state index contributed by atoms with van der Waals surface area (Å²) in [6.07, 6.45) is 2.34. The van der Waals surface area contributed by atoms with Crippen LogP contribution in [0, 0.1) is 18.3 Å². The summed E-state index contributed by atoms with van der Waals surface area (Å²) in [5, 5.41) is 16.6. The topological polar surface area (TPSA) is 84.2 Å². The zero-order valence-electron chi connectivity index (χ0n) is 18.9. The van der Waals surface area contributed by atoms with Crippen LogP contribution < -0.4 is 0 Å². The Morgan fingerprint density at radius 1 is 1.21 bits per heavy atom. The smallest absolute Gasteiger partial charge is 0.338 e. The standard InChI is InChI=1S/C26H26ClN3O4/c1-16-19(11-10-18(15-28)22(16)27)23-25(34-21-9-5-6-14-32-21)24-20(12-13-30(24)29-23)33-26(31)17-7-3-2-4-8-17/h2-4,7-8,10-11,20-21,24-25H,5-6,9,12-14H2,1H3. The molecule has 0 spiro atoms. The van der Waals surface area contributed by atoms with Crippen LogP contribution in [-0.4, -0.2) is 54.4 Å². The van der Waals surface area contributed by atoms with Crippen LogP contribution in [0.5, 0.6) is 0 Å². The molecule has 4 unspecified atom stereocenters. The quantitative estimate of drug-likeness (QED) is 0.589. The minimum absolute atomic E-state index is 0.262.